The van der Waals surface area contributed by atoms with Gasteiger partial charge in [0, 0.05) is 23.2 Å². The molecular weight excluding hydrogens is 278 g/mol. The number of hydrogen-bond donors (Lipinski definition) is 2. The number of nitrogens with one attached hydrogen (secondary N) is 1. The summed E-state index contributed by atoms with van der Waals surface area (Å²) in [4.78, 5) is 11.8. The highest BCUT2D eigenvalue weighted by Gasteiger charge is 2.24. The van der Waals surface area contributed by atoms with E-state index in [1.165, 1.54) is 0 Å². The van der Waals surface area contributed by atoms with Crippen molar-refractivity contribution in [2.45, 2.75) is 26.8 Å². The summed E-state index contributed by atoms with van der Waals surface area (Å²) < 4.78 is 5.87. The van der Waals surface area contributed by atoms with Gasteiger partial charge in [-0.25, -0.2) is 0 Å². The number of hydrogen-bond acceptors (Lipinski definition) is 3. The smallest absolute Gasteiger partial charge is 0.251 e. The standard InChI is InChI=1S/C18H19NO3/c1-3-9-22-17-11(2)16(20)8-7-13(17)12-5-4-6-14-15(12)10-19-18(14)21/h4-8,20H,3,9-10H2,1-2H3,(H,19,21). The van der Waals surface area contributed by atoms with Crippen LogP contribution >= 0.6 is 0 Å². The first-order valence-corrected chi connectivity index (χ1v) is 7.49. The first-order valence-electron chi connectivity index (χ1n) is 7.49. The minimum Gasteiger partial charge on any atom is -0.508 e. The van der Waals surface area contributed by atoms with E-state index < -0.39 is 0 Å². The molecule has 0 radical (unpaired) electrons. The maximum atomic E-state index is 11.8. The zero-order valence-corrected chi connectivity index (χ0v) is 12.8. The van der Waals surface area contributed by atoms with Crippen LogP contribution in [0.2, 0.25) is 0 Å². The van der Waals surface area contributed by atoms with E-state index in [2.05, 4.69) is 5.32 Å². The number of ether oxygens (including phenoxy) is 1. The lowest BCUT2D eigenvalue weighted by Gasteiger charge is -2.16. The summed E-state index contributed by atoms with van der Waals surface area (Å²) >= 11 is 0. The Morgan fingerprint density at radius 1 is 1.18 bits per heavy atom. The third-order valence-corrected chi connectivity index (χ3v) is 3.96. The fourth-order valence-corrected chi connectivity index (χ4v) is 2.79. The SMILES string of the molecule is CCCOc1c(-c2cccc3c2CNC3=O)ccc(O)c1C. The highest BCUT2D eigenvalue weighted by Crippen LogP contribution is 2.40. The molecule has 0 saturated carbocycles. The Kier molecular flexibility index (Phi) is 3.75. The first-order chi connectivity index (χ1) is 10.6. The van der Waals surface area contributed by atoms with E-state index in [0.29, 0.717) is 24.5 Å². The highest BCUT2D eigenvalue weighted by atomic mass is 16.5. The van der Waals surface area contributed by atoms with E-state index >= 15 is 0 Å². The van der Waals surface area contributed by atoms with Gasteiger partial charge in [-0.2, -0.15) is 0 Å². The van der Waals surface area contributed by atoms with Crippen molar-refractivity contribution in [1.29, 1.82) is 0 Å². The third kappa shape index (κ3) is 2.30. The molecule has 0 spiro atoms. The average molecular weight is 297 g/mol. The van der Waals surface area contributed by atoms with Gasteiger partial charge in [0.25, 0.3) is 5.91 Å². The number of carbonyl (C=O) groups is 1. The van der Waals surface area contributed by atoms with Gasteiger partial charge in [0.15, 0.2) is 0 Å². The number of benzene rings is 2. The molecule has 1 amide bonds. The minimum absolute atomic E-state index is 0.0385. The zero-order valence-electron chi connectivity index (χ0n) is 12.8. The van der Waals surface area contributed by atoms with Gasteiger partial charge in [-0.3, -0.25) is 4.79 Å². The summed E-state index contributed by atoms with van der Waals surface area (Å²) in [6, 6.07) is 9.23. The van der Waals surface area contributed by atoms with Gasteiger partial charge in [-0.1, -0.05) is 19.1 Å². The molecule has 4 nitrogen and oxygen atoms in total. The van der Waals surface area contributed by atoms with E-state index in [4.69, 9.17) is 4.74 Å². The maximum Gasteiger partial charge on any atom is 0.251 e. The number of phenols is 1. The van der Waals surface area contributed by atoms with E-state index in [0.717, 1.165) is 28.7 Å². The van der Waals surface area contributed by atoms with Crippen LogP contribution in [0.5, 0.6) is 11.5 Å². The molecule has 0 aliphatic carbocycles. The van der Waals surface area contributed by atoms with Gasteiger partial charge in [0.2, 0.25) is 0 Å². The summed E-state index contributed by atoms with van der Waals surface area (Å²) in [5.74, 6) is 0.870. The van der Waals surface area contributed by atoms with Crippen molar-refractivity contribution >= 4 is 5.91 Å². The van der Waals surface area contributed by atoms with E-state index in [-0.39, 0.29) is 11.7 Å². The van der Waals surface area contributed by atoms with Crippen LogP contribution in [0.1, 0.15) is 34.8 Å². The molecule has 2 N–H and O–H groups in total. The molecule has 22 heavy (non-hydrogen) atoms. The maximum absolute atomic E-state index is 11.8. The second kappa shape index (κ2) is 5.72. The van der Waals surface area contributed by atoms with Gasteiger partial charge in [-0.05, 0) is 42.7 Å². The lowest BCUT2D eigenvalue weighted by atomic mass is 9.94. The topological polar surface area (TPSA) is 58.6 Å². The Morgan fingerprint density at radius 2 is 1.95 bits per heavy atom. The Bertz CT molecular complexity index is 737. The number of carbonyl (C=O) groups excluding carboxylic acids is 1. The highest BCUT2D eigenvalue weighted by molar-refractivity contribution is 6.00. The van der Waals surface area contributed by atoms with Gasteiger partial charge < -0.3 is 15.2 Å². The predicted octanol–water partition coefficient (Wildman–Crippen LogP) is 3.40. The lowest BCUT2D eigenvalue weighted by Crippen LogP contribution is -2.12. The summed E-state index contributed by atoms with van der Waals surface area (Å²) in [6.45, 7) is 5.00. The van der Waals surface area contributed by atoms with Gasteiger partial charge in [-0.15, -0.1) is 0 Å². The van der Waals surface area contributed by atoms with Gasteiger partial charge in [0.1, 0.15) is 11.5 Å². The van der Waals surface area contributed by atoms with Crippen molar-refractivity contribution in [2.75, 3.05) is 6.61 Å². The van der Waals surface area contributed by atoms with Crippen molar-refractivity contribution in [3.05, 3.63) is 47.0 Å². The molecule has 0 aromatic heterocycles. The summed E-state index contributed by atoms with van der Waals surface area (Å²) in [6.07, 6.45) is 0.890. The third-order valence-electron chi connectivity index (χ3n) is 3.96. The van der Waals surface area contributed by atoms with Crippen LogP contribution in [0.3, 0.4) is 0 Å². The normalized spacial score (nSPS) is 12.9. The second-order valence-electron chi connectivity index (χ2n) is 5.45. The van der Waals surface area contributed by atoms with Crippen molar-refractivity contribution in [2.24, 2.45) is 0 Å². The van der Waals surface area contributed by atoms with Crippen LogP contribution in [0, 0.1) is 6.92 Å². The molecular formula is C18H19NO3. The Morgan fingerprint density at radius 3 is 2.73 bits per heavy atom. The fourth-order valence-electron chi connectivity index (χ4n) is 2.79. The quantitative estimate of drug-likeness (QED) is 0.909. The van der Waals surface area contributed by atoms with Crippen LogP contribution in [-0.4, -0.2) is 17.6 Å². The summed E-state index contributed by atoms with van der Waals surface area (Å²) in [7, 11) is 0. The number of rotatable bonds is 4. The van der Waals surface area contributed by atoms with Crippen molar-refractivity contribution < 1.29 is 14.6 Å². The number of amides is 1. The second-order valence-corrected chi connectivity index (χ2v) is 5.45. The molecule has 0 saturated heterocycles. The van der Waals surface area contributed by atoms with E-state index in [1.807, 2.05) is 38.1 Å². The van der Waals surface area contributed by atoms with Crippen LogP contribution < -0.4 is 10.1 Å². The molecule has 0 fully saturated rings. The molecule has 4 heteroatoms. The fraction of sp³-hybridized carbons (Fsp3) is 0.278. The molecule has 0 unspecified atom stereocenters. The zero-order chi connectivity index (χ0) is 15.7. The van der Waals surface area contributed by atoms with Crippen LogP contribution in [0.4, 0.5) is 0 Å². The molecule has 3 rings (SSSR count). The lowest BCUT2D eigenvalue weighted by molar-refractivity contribution is 0.0965. The Labute approximate surface area is 129 Å². The Hall–Kier alpha value is -2.49. The van der Waals surface area contributed by atoms with Crippen LogP contribution in [-0.2, 0) is 6.54 Å². The summed E-state index contributed by atoms with van der Waals surface area (Å²) in [5, 5.41) is 12.8. The van der Waals surface area contributed by atoms with E-state index in [1.54, 1.807) is 6.07 Å². The van der Waals surface area contributed by atoms with Crippen LogP contribution in [0.25, 0.3) is 11.1 Å². The monoisotopic (exact) mass is 297 g/mol. The number of fused-ring (bicyclic) bond motifs is 1. The van der Waals surface area contributed by atoms with Gasteiger partial charge in [0.05, 0.1) is 6.61 Å². The minimum atomic E-state index is -0.0385. The van der Waals surface area contributed by atoms with E-state index in [9.17, 15) is 9.90 Å². The molecule has 2 aromatic rings. The number of phenolic OH excluding ortho intramolecular Hbond substituents is 1. The van der Waals surface area contributed by atoms with Crippen molar-refractivity contribution in [1.82, 2.24) is 5.32 Å². The average Bonchev–Trinajstić information content (AvgIpc) is 2.90. The van der Waals surface area contributed by atoms with Gasteiger partial charge >= 0.3 is 0 Å². The first kappa shape index (κ1) is 14.4. The number of aromatic hydroxyl groups is 1. The summed E-state index contributed by atoms with van der Waals surface area (Å²) in [5.41, 5.74) is 4.31. The molecule has 114 valence electrons. The molecule has 1 aliphatic heterocycles. The molecule has 0 atom stereocenters. The van der Waals surface area contributed by atoms with Crippen molar-refractivity contribution in [3.8, 4) is 22.6 Å². The molecule has 1 heterocycles. The molecule has 2 aromatic carbocycles. The molecule has 1 aliphatic rings. The Balaban J connectivity index is 2.17. The van der Waals surface area contributed by atoms with Crippen LogP contribution in [0.15, 0.2) is 30.3 Å². The van der Waals surface area contributed by atoms with Crippen molar-refractivity contribution in [3.63, 3.8) is 0 Å². The molecule has 0 bridgehead atoms. The predicted molar refractivity (Wildman–Crippen MR) is 85.2 cm³/mol. The largest absolute Gasteiger partial charge is 0.508 e.